The van der Waals surface area contributed by atoms with E-state index in [1.165, 1.54) is 19.2 Å². The van der Waals surface area contributed by atoms with Crippen molar-refractivity contribution >= 4 is 5.97 Å². The topological polar surface area (TPSA) is 35.5 Å². The van der Waals surface area contributed by atoms with Gasteiger partial charge in [-0.1, -0.05) is 36.4 Å². The Morgan fingerprint density at radius 3 is 2.50 bits per heavy atom. The number of esters is 1. The van der Waals surface area contributed by atoms with Gasteiger partial charge in [0.25, 0.3) is 0 Å². The second-order valence-corrected chi connectivity index (χ2v) is 4.34. The van der Waals surface area contributed by atoms with E-state index in [1.807, 2.05) is 30.3 Å². The van der Waals surface area contributed by atoms with E-state index in [0.29, 0.717) is 5.56 Å². The lowest BCUT2D eigenvalue weighted by Crippen LogP contribution is -2.08. The first kappa shape index (κ1) is 14.1. The van der Waals surface area contributed by atoms with Gasteiger partial charge in [0.1, 0.15) is 12.2 Å². The van der Waals surface area contributed by atoms with Crippen LogP contribution in [0, 0.1) is 12.7 Å². The third-order valence-corrected chi connectivity index (χ3v) is 2.92. The molecule has 4 heteroatoms. The van der Waals surface area contributed by atoms with Crippen LogP contribution in [-0.4, -0.2) is 13.1 Å². The summed E-state index contributed by atoms with van der Waals surface area (Å²) in [7, 11) is 1.25. The molecule has 20 heavy (non-hydrogen) atoms. The summed E-state index contributed by atoms with van der Waals surface area (Å²) in [4.78, 5) is 11.6. The van der Waals surface area contributed by atoms with E-state index in [9.17, 15) is 9.18 Å². The number of aryl methyl sites for hydroxylation is 1. The minimum absolute atomic E-state index is 0.0688. The van der Waals surface area contributed by atoms with Crippen molar-refractivity contribution in [3.63, 3.8) is 0 Å². The predicted octanol–water partition coefficient (Wildman–Crippen LogP) is 3.50. The number of benzene rings is 2. The monoisotopic (exact) mass is 274 g/mol. The highest BCUT2D eigenvalue weighted by molar-refractivity contribution is 5.92. The van der Waals surface area contributed by atoms with Crippen LogP contribution < -0.4 is 4.74 Å². The SMILES string of the molecule is COC(=O)c1ccc(C)c(F)c1OCc1ccccc1. The minimum atomic E-state index is -0.619. The van der Waals surface area contributed by atoms with E-state index in [0.717, 1.165) is 5.56 Å². The van der Waals surface area contributed by atoms with Crippen LogP contribution in [0.5, 0.6) is 5.75 Å². The predicted molar refractivity (Wildman–Crippen MR) is 73.3 cm³/mol. The lowest BCUT2D eigenvalue weighted by Gasteiger charge is -2.12. The van der Waals surface area contributed by atoms with E-state index in [4.69, 9.17) is 4.74 Å². The summed E-state index contributed by atoms with van der Waals surface area (Å²) in [6, 6.07) is 12.4. The molecule has 0 bridgehead atoms. The highest BCUT2D eigenvalue weighted by atomic mass is 19.1. The highest BCUT2D eigenvalue weighted by Gasteiger charge is 2.19. The number of hydrogen-bond acceptors (Lipinski definition) is 3. The summed E-state index contributed by atoms with van der Waals surface area (Å²) in [5.74, 6) is -1.23. The van der Waals surface area contributed by atoms with Crippen molar-refractivity contribution in [3.8, 4) is 5.75 Å². The Morgan fingerprint density at radius 1 is 1.15 bits per heavy atom. The van der Waals surface area contributed by atoms with E-state index in [2.05, 4.69) is 4.74 Å². The number of halogens is 1. The van der Waals surface area contributed by atoms with Crippen LogP contribution in [0.1, 0.15) is 21.5 Å². The smallest absolute Gasteiger partial charge is 0.341 e. The molecule has 0 saturated carbocycles. The quantitative estimate of drug-likeness (QED) is 0.800. The number of methoxy groups -OCH3 is 1. The van der Waals surface area contributed by atoms with Crippen LogP contribution in [0.2, 0.25) is 0 Å². The maximum Gasteiger partial charge on any atom is 0.341 e. The van der Waals surface area contributed by atoms with E-state index < -0.39 is 11.8 Å². The van der Waals surface area contributed by atoms with E-state index in [-0.39, 0.29) is 17.9 Å². The van der Waals surface area contributed by atoms with Crippen molar-refractivity contribution in [2.24, 2.45) is 0 Å². The molecule has 0 fully saturated rings. The number of carbonyl (C=O) groups is 1. The Bertz CT molecular complexity index is 609. The Morgan fingerprint density at radius 2 is 1.85 bits per heavy atom. The van der Waals surface area contributed by atoms with Crippen LogP contribution in [0.3, 0.4) is 0 Å². The molecule has 0 amide bonds. The molecule has 0 aromatic heterocycles. The minimum Gasteiger partial charge on any atom is -0.485 e. The van der Waals surface area contributed by atoms with Gasteiger partial charge >= 0.3 is 5.97 Å². The van der Waals surface area contributed by atoms with E-state index in [1.54, 1.807) is 6.92 Å². The van der Waals surface area contributed by atoms with Crippen LogP contribution in [0.15, 0.2) is 42.5 Å². The van der Waals surface area contributed by atoms with Crippen molar-refractivity contribution in [1.82, 2.24) is 0 Å². The zero-order chi connectivity index (χ0) is 14.5. The standard InChI is InChI=1S/C16H15FO3/c1-11-8-9-13(16(18)19-2)15(14(11)17)20-10-12-6-4-3-5-7-12/h3-9H,10H2,1-2H3. The lowest BCUT2D eigenvalue weighted by atomic mass is 10.1. The molecule has 0 aliphatic heterocycles. The van der Waals surface area contributed by atoms with E-state index >= 15 is 0 Å². The summed E-state index contributed by atoms with van der Waals surface area (Å²) in [5.41, 5.74) is 1.40. The Kier molecular flexibility index (Phi) is 4.35. The fraction of sp³-hybridized carbons (Fsp3) is 0.188. The molecular weight excluding hydrogens is 259 g/mol. The average Bonchev–Trinajstić information content (AvgIpc) is 2.49. The second-order valence-electron chi connectivity index (χ2n) is 4.34. The molecule has 0 spiro atoms. The van der Waals surface area contributed by atoms with Crippen LogP contribution in [0.25, 0.3) is 0 Å². The summed E-state index contributed by atoms with van der Waals surface area (Å²) >= 11 is 0. The third kappa shape index (κ3) is 2.96. The van der Waals surface area contributed by atoms with Crippen LogP contribution in [0.4, 0.5) is 4.39 Å². The molecular formula is C16H15FO3. The fourth-order valence-electron chi connectivity index (χ4n) is 1.80. The van der Waals surface area contributed by atoms with Gasteiger partial charge in [-0.05, 0) is 24.1 Å². The zero-order valence-electron chi connectivity index (χ0n) is 11.4. The normalized spacial score (nSPS) is 10.2. The largest absolute Gasteiger partial charge is 0.485 e. The van der Waals surface area contributed by atoms with Crippen LogP contribution in [-0.2, 0) is 11.3 Å². The van der Waals surface area contributed by atoms with Crippen molar-refractivity contribution in [3.05, 3.63) is 65.0 Å². The number of carbonyl (C=O) groups excluding carboxylic acids is 1. The van der Waals surface area contributed by atoms with Gasteiger partial charge in [-0.15, -0.1) is 0 Å². The molecule has 2 rings (SSSR count). The summed E-state index contributed by atoms with van der Waals surface area (Å²) in [6.45, 7) is 1.80. The maximum absolute atomic E-state index is 14.1. The number of ether oxygens (including phenoxy) is 2. The molecule has 0 atom stereocenters. The first-order valence-corrected chi connectivity index (χ1v) is 6.17. The molecule has 0 radical (unpaired) electrons. The molecule has 0 N–H and O–H groups in total. The van der Waals surface area contributed by atoms with Crippen molar-refractivity contribution in [2.75, 3.05) is 7.11 Å². The lowest BCUT2D eigenvalue weighted by molar-refractivity contribution is 0.0594. The van der Waals surface area contributed by atoms with Gasteiger partial charge in [0.05, 0.1) is 7.11 Å². The fourth-order valence-corrected chi connectivity index (χ4v) is 1.80. The first-order chi connectivity index (χ1) is 9.63. The molecule has 2 aromatic carbocycles. The molecule has 0 heterocycles. The number of rotatable bonds is 4. The summed E-state index contributed by atoms with van der Waals surface area (Å²) in [5, 5.41) is 0. The Balaban J connectivity index is 2.29. The highest BCUT2D eigenvalue weighted by Crippen LogP contribution is 2.27. The summed E-state index contributed by atoms with van der Waals surface area (Å²) < 4.78 is 24.2. The van der Waals surface area contributed by atoms with Crippen molar-refractivity contribution in [2.45, 2.75) is 13.5 Å². The molecule has 0 unspecified atom stereocenters. The molecule has 0 saturated heterocycles. The summed E-state index contributed by atoms with van der Waals surface area (Å²) in [6.07, 6.45) is 0. The van der Waals surface area contributed by atoms with Gasteiger partial charge in [0, 0.05) is 0 Å². The molecule has 104 valence electrons. The zero-order valence-corrected chi connectivity index (χ0v) is 11.4. The molecule has 0 aliphatic carbocycles. The van der Waals surface area contributed by atoms with Gasteiger partial charge in [-0.2, -0.15) is 0 Å². The molecule has 2 aromatic rings. The second kappa shape index (κ2) is 6.19. The van der Waals surface area contributed by atoms with Crippen LogP contribution >= 0.6 is 0 Å². The number of hydrogen-bond donors (Lipinski definition) is 0. The van der Waals surface area contributed by atoms with Gasteiger partial charge in [-0.25, -0.2) is 9.18 Å². The van der Waals surface area contributed by atoms with Crippen molar-refractivity contribution in [1.29, 1.82) is 0 Å². The third-order valence-electron chi connectivity index (χ3n) is 2.92. The molecule has 0 aliphatic rings. The van der Waals surface area contributed by atoms with Crippen molar-refractivity contribution < 1.29 is 18.7 Å². The van der Waals surface area contributed by atoms with Gasteiger partial charge in [-0.3, -0.25) is 0 Å². The Hall–Kier alpha value is -2.36. The average molecular weight is 274 g/mol. The molecule has 3 nitrogen and oxygen atoms in total. The van der Waals surface area contributed by atoms with Gasteiger partial charge in [0.15, 0.2) is 11.6 Å². The van der Waals surface area contributed by atoms with Gasteiger partial charge in [0.2, 0.25) is 0 Å². The van der Waals surface area contributed by atoms with Gasteiger partial charge < -0.3 is 9.47 Å². The Labute approximate surface area is 117 Å². The first-order valence-electron chi connectivity index (χ1n) is 6.17. The maximum atomic E-state index is 14.1.